The highest BCUT2D eigenvalue weighted by Crippen LogP contribution is 2.53. The number of hydrogen-bond acceptors (Lipinski definition) is 9. The van der Waals surface area contributed by atoms with Crippen LogP contribution in [-0.2, 0) is 16.0 Å². The van der Waals surface area contributed by atoms with E-state index < -0.39 is 58.0 Å². The Morgan fingerprint density at radius 2 is 1.75 bits per heavy atom. The maximum atomic E-state index is 13.9. The van der Waals surface area contributed by atoms with Crippen LogP contribution < -0.4 is 16.4 Å². The Balaban J connectivity index is 1.55. The average Bonchev–Trinajstić information content (AvgIpc) is 2.95. The number of ketones is 2. The second-order valence-electron chi connectivity index (χ2n) is 11.8. The van der Waals surface area contributed by atoms with Gasteiger partial charge in [0.2, 0.25) is 5.78 Å². The number of carbonyl (C=O) groups is 4. The lowest BCUT2D eigenvalue weighted by Gasteiger charge is -2.50. The summed E-state index contributed by atoms with van der Waals surface area (Å²) in [7, 11) is 3.16. The summed E-state index contributed by atoms with van der Waals surface area (Å²) in [6, 6.07) is 8.63. The monoisotopic (exact) mass is 604 g/mol. The van der Waals surface area contributed by atoms with Crippen molar-refractivity contribution in [2.24, 2.45) is 17.6 Å². The van der Waals surface area contributed by atoms with E-state index in [2.05, 4.69) is 10.6 Å². The van der Waals surface area contributed by atoms with Crippen LogP contribution in [0.25, 0.3) is 11.1 Å². The molecule has 0 bridgehead atoms. The molecule has 0 aromatic heterocycles. The van der Waals surface area contributed by atoms with Crippen molar-refractivity contribution in [3.8, 4) is 16.9 Å². The number of nitrogens with two attached hydrogens (primary N) is 1. The number of likely N-dealkylation sites (N-methyl/N-ethyl adjacent to an activating group) is 1. The fraction of sp³-hybridized carbons (Fsp3) is 0.375. The number of fused-ring (bicyclic) bond motifs is 3. The standard InChI is InChI=1S/C32H36N4O8/c1-4-5-12-34-31(43)35-17-8-6-15(7-9-17)18-10-11-21(37)23-19(18)13-16-14-20-25(36(2)3)27(39)24(30(33)42)29(41)32(20,44)28(40)22(16)26(23)38/h6-11,16,20,25,37,39-40,44H,4-5,12-14H2,1-3H3,(H2,33,42)(H2,34,35,43). The number of aliphatic hydroxyl groups excluding tert-OH is 2. The molecular weight excluding hydrogens is 568 g/mol. The second kappa shape index (κ2) is 11.4. The Labute approximate surface area is 253 Å². The van der Waals surface area contributed by atoms with Crippen LogP contribution in [0.2, 0.25) is 0 Å². The number of aromatic hydroxyl groups is 1. The number of urea groups is 1. The van der Waals surface area contributed by atoms with Gasteiger partial charge < -0.3 is 36.8 Å². The number of anilines is 1. The zero-order valence-electron chi connectivity index (χ0n) is 24.7. The first-order valence-electron chi connectivity index (χ1n) is 14.5. The van der Waals surface area contributed by atoms with E-state index in [1.54, 1.807) is 44.4 Å². The first-order valence-corrected chi connectivity index (χ1v) is 14.5. The summed E-state index contributed by atoms with van der Waals surface area (Å²) in [5.74, 6) is -6.96. The third kappa shape index (κ3) is 4.80. The van der Waals surface area contributed by atoms with Gasteiger partial charge in [0, 0.05) is 23.7 Å². The van der Waals surface area contributed by atoms with Crippen molar-refractivity contribution in [2.45, 2.75) is 44.2 Å². The maximum absolute atomic E-state index is 13.9. The van der Waals surface area contributed by atoms with E-state index in [4.69, 9.17) is 5.73 Å². The van der Waals surface area contributed by atoms with Crippen molar-refractivity contribution in [1.29, 1.82) is 0 Å². The number of phenolic OH excluding ortho intramolecular Hbond substituents is 1. The topological polar surface area (TPSA) is 203 Å². The zero-order chi connectivity index (χ0) is 32.1. The number of unbranched alkanes of at least 4 members (excludes halogenated alkanes) is 1. The van der Waals surface area contributed by atoms with Gasteiger partial charge in [0.05, 0.1) is 11.6 Å². The molecule has 232 valence electrons. The molecule has 0 saturated carbocycles. The third-order valence-corrected chi connectivity index (χ3v) is 8.88. The number of amides is 3. The van der Waals surface area contributed by atoms with Crippen LogP contribution in [0.15, 0.2) is 59.1 Å². The van der Waals surface area contributed by atoms with Gasteiger partial charge in [-0.15, -0.1) is 0 Å². The number of nitrogens with one attached hydrogen (secondary N) is 2. The van der Waals surface area contributed by atoms with Gasteiger partial charge in [0.15, 0.2) is 11.4 Å². The number of hydrogen-bond donors (Lipinski definition) is 7. The first kappa shape index (κ1) is 30.8. The van der Waals surface area contributed by atoms with E-state index in [1.807, 2.05) is 6.92 Å². The molecular formula is C32H36N4O8. The largest absolute Gasteiger partial charge is 0.510 e. The Kier molecular flexibility index (Phi) is 8.00. The quantitative estimate of drug-likeness (QED) is 0.183. The predicted octanol–water partition coefficient (Wildman–Crippen LogP) is 2.71. The molecule has 0 radical (unpaired) electrons. The molecule has 0 fully saturated rings. The summed E-state index contributed by atoms with van der Waals surface area (Å²) < 4.78 is 0. The number of rotatable bonds is 7. The smallest absolute Gasteiger partial charge is 0.319 e. The van der Waals surface area contributed by atoms with Crippen LogP contribution in [0, 0.1) is 11.8 Å². The van der Waals surface area contributed by atoms with Gasteiger partial charge >= 0.3 is 6.03 Å². The molecule has 4 atom stereocenters. The fourth-order valence-corrected chi connectivity index (χ4v) is 6.81. The number of primary amides is 1. The summed E-state index contributed by atoms with van der Waals surface area (Å²) >= 11 is 0. The Hall–Kier alpha value is -4.68. The van der Waals surface area contributed by atoms with Gasteiger partial charge in [-0.25, -0.2) is 4.79 Å². The van der Waals surface area contributed by atoms with Crippen LogP contribution in [0.4, 0.5) is 10.5 Å². The van der Waals surface area contributed by atoms with Gasteiger partial charge in [-0.3, -0.25) is 19.3 Å². The third-order valence-electron chi connectivity index (χ3n) is 8.88. The highest BCUT2D eigenvalue weighted by atomic mass is 16.3. The van der Waals surface area contributed by atoms with Crippen molar-refractivity contribution < 1.29 is 39.6 Å². The van der Waals surface area contributed by atoms with Crippen molar-refractivity contribution in [3.63, 3.8) is 0 Å². The number of benzene rings is 2. The molecule has 44 heavy (non-hydrogen) atoms. The lowest BCUT2D eigenvalue weighted by Crippen LogP contribution is -2.63. The fourth-order valence-electron chi connectivity index (χ4n) is 6.81. The lowest BCUT2D eigenvalue weighted by atomic mass is 9.58. The summed E-state index contributed by atoms with van der Waals surface area (Å²) in [6.07, 6.45) is 1.98. The number of nitrogens with zero attached hydrogens (tertiary/aromatic N) is 1. The first-order chi connectivity index (χ1) is 20.8. The van der Waals surface area contributed by atoms with E-state index in [0.29, 0.717) is 28.9 Å². The van der Waals surface area contributed by atoms with Crippen molar-refractivity contribution in [3.05, 3.63) is 70.2 Å². The summed E-state index contributed by atoms with van der Waals surface area (Å²) in [6.45, 7) is 2.59. The van der Waals surface area contributed by atoms with Gasteiger partial charge in [-0.1, -0.05) is 31.5 Å². The van der Waals surface area contributed by atoms with Crippen LogP contribution in [-0.4, -0.2) is 81.1 Å². The van der Waals surface area contributed by atoms with E-state index in [9.17, 15) is 39.6 Å². The number of aliphatic hydroxyl groups is 3. The predicted molar refractivity (Wildman–Crippen MR) is 161 cm³/mol. The minimum atomic E-state index is -2.69. The number of Topliss-reactive ketones (excluding diaryl/α,β-unsaturated/α-hetero) is 2. The van der Waals surface area contributed by atoms with Crippen molar-refractivity contribution in [2.75, 3.05) is 26.0 Å². The van der Waals surface area contributed by atoms with Crippen LogP contribution in [0.3, 0.4) is 0 Å². The molecule has 3 amide bonds. The van der Waals surface area contributed by atoms with Gasteiger partial charge in [0.25, 0.3) is 5.91 Å². The zero-order valence-corrected chi connectivity index (χ0v) is 24.7. The van der Waals surface area contributed by atoms with Gasteiger partial charge in [-0.2, -0.15) is 0 Å². The Morgan fingerprint density at radius 1 is 1.07 bits per heavy atom. The minimum Gasteiger partial charge on any atom is -0.510 e. The van der Waals surface area contributed by atoms with Crippen molar-refractivity contribution >= 4 is 29.2 Å². The Morgan fingerprint density at radius 3 is 2.36 bits per heavy atom. The van der Waals surface area contributed by atoms with E-state index in [-0.39, 0.29) is 35.8 Å². The van der Waals surface area contributed by atoms with Crippen LogP contribution >= 0.6 is 0 Å². The summed E-state index contributed by atoms with van der Waals surface area (Å²) in [5.41, 5.74) is 3.99. The Bertz CT molecular complexity index is 1630. The normalized spacial score (nSPS) is 24.5. The molecule has 0 heterocycles. The molecule has 2 aromatic rings. The maximum Gasteiger partial charge on any atom is 0.319 e. The average molecular weight is 605 g/mol. The van der Waals surface area contributed by atoms with E-state index in [0.717, 1.165) is 12.8 Å². The second-order valence-corrected chi connectivity index (χ2v) is 11.8. The van der Waals surface area contributed by atoms with Crippen molar-refractivity contribution in [1.82, 2.24) is 10.2 Å². The molecule has 8 N–H and O–H groups in total. The number of allylic oxidation sites excluding steroid dienone is 1. The molecule has 12 nitrogen and oxygen atoms in total. The van der Waals surface area contributed by atoms with E-state index in [1.165, 1.54) is 11.0 Å². The van der Waals surface area contributed by atoms with E-state index >= 15 is 0 Å². The molecule has 3 aliphatic carbocycles. The number of carbonyl (C=O) groups excluding carboxylic acids is 4. The van der Waals surface area contributed by atoms with Gasteiger partial charge in [0.1, 0.15) is 22.8 Å². The van der Waals surface area contributed by atoms with Crippen LogP contribution in [0.5, 0.6) is 5.75 Å². The number of phenols is 1. The molecule has 0 spiro atoms. The highest BCUT2D eigenvalue weighted by molar-refractivity contribution is 6.25. The van der Waals surface area contributed by atoms with Crippen LogP contribution in [0.1, 0.15) is 42.1 Å². The molecule has 0 saturated heterocycles. The molecule has 12 heteroatoms. The van der Waals surface area contributed by atoms with Gasteiger partial charge in [-0.05, 0) is 74.2 Å². The SMILES string of the molecule is CCCCNC(=O)Nc1ccc(-c2ccc(O)c3c2CC2CC4C(N(C)C)C(O)=C(C(N)=O)C(=O)C4(O)C(O)=C2C3=O)cc1. The lowest BCUT2D eigenvalue weighted by molar-refractivity contribution is -0.148. The molecule has 5 rings (SSSR count). The summed E-state index contributed by atoms with van der Waals surface area (Å²) in [4.78, 5) is 53.2. The molecule has 4 unspecified atom stereocenters. The molecule has 2 aromatic carbocycles. The molecule has 0 aliphatic heterocycles. The minimum absolute atomic E-state index is 0.00312. The highest BCUT2D eigenvalue weighted by Gasteiger charge is 2.63. The summed E-state index contributed by atoms with van der Waals surface area (Å²) in [5, 5.41) is 50.5. The molecule has 3 aliphatic rings.